The molecule has 3 aromatic carbocycles. The summed E-state index contributed by atoms with van der Waals surface area (Å²) in [6.07, 6.45) is 0. The SMILES string of the molecule is CN(C)C(=O)c1cccc(Nc2c(N[C@@H](c3ccccc3)C(C)(C)C)c(=O)c2=O)c1O. The molecule has 0 saturated carbocycles. The van der Waals surface area contributed by atoms with E-state index in [4.69, 9.17) is 0 Å². The first-order valence-corrected chi connectivity index (χ1v) is 9.97. The molecular weight excluding hydrogens is 394 g/mol. The maximum atomic E-state index is 12.4. The number of nitrogens with zero attached hydrogens (tertiary/aromatic N) is 1. The van der Waals surface area contributed by atoms with Crippen molar-refractivity contribution < 1.29 is 9.90 Å². The van der Waals surface area contributed by atoms with Crippen LogP contribution in [-0.4, -0.2) is 30.0 Å². The number of carbonyl (C=O) groups excluding carboxylic acids is 1. The average Bonchev–Trinajstić information content (AvgIpc) is 2.73. The third kappa shape index (κ3) is 4.30. The minimum Gasteiger partial charge on any atom is -0.505 e. The molecule has 3 rings (SSSR count). The van der Waals surface area contributed by atoms with Gasteiger partial charge in [-0.3, -0.25) is 14.4 Å². The Morgan fingerprint density at radius 1 is 0.935 bits per heavy atom. The summed E-state index contributed by atoms with van der Waals surface area (Å²) in [6.45, 7) is 6.12. The lowest BCUT2D eigenvalue weighted by Gasteiger charge is -2.33. The minimum atomic E-state index is -0.674. The van der Waals surface area contributed by atoms with E-state index in [0.717, 1.165) is 5.56 Å². The number of carbonyl (C=O) groups is 1. The molecule has 3 aromatic rings. The molecule has 0 heterocycles. The lowest BCUT2D eigenvalue weighted by atomic mass is 9.82. The Bertz CT molecular complexity index is 1170. The van der Waals surface area contributed by atoms with Gasteiger partial charge in [0.1, 0.15) is 11.4 Å². The molecule has 7 heteroatoms. The van der Waals surface area contributed by atoms with Crippen LogP contribution in [0.25, 0.3) is 0 Å². The highest BCUT2D eigenvalue weighted by Crippen LogP contribution is 2.38. The number of aromatic hydroxyl groups is 1. The molecule has 0 spiro atoms. The number of phenols is 1. The van der Waals surface area contributed by atoms with Gasteiger partial charge < -0.3 is 20.6 Å². The molecule has 1 amide bonds. The summed E-state index contributed by atoms with van der Waals surface area (Å²) in [5.74, 6) is -0.656. The number of anilines is 3. The predicted molar refractivity (Wildman–Crippen MR) is 123 cm³/mol. The molecule has 1 atom stereocenters. The van der Waals surface area contributed by atoms with Crippen molar-refractivity contribution in [3.05, 3.63) is 80.1 Å². The highest BCUT2D eigenvalue weighted by molar-refractivity contribution is 5.99. The van der Waals surface area contributed by atoms with Crippen LogP contribution in [0.15, 0.2) is 58.1 Å². The third-order valence-corrected chi connectivity index (χ3v) is 5.13. The molecule has 3 N–H and O–H groups in total. The molecular formula is C24H27N3O4. The van der Waals surface area contributed by atoms with E-state index in [1.165, 1.54) is 11.0 Å². The zero-order valence-electron chi connectivity index (χ0n) is 18.3. The van der Waals surface area contributed by atoms with E-state index < -0.39 is 10.9 Å². The minimum absolute atomic E-state index is 0.0694. The summed E-state index contributed by atoms with van der Waals surface area (Å²) < 4.78 is 0. The monoisotopic (exact) mass is 421 g/mol. The van der Waals surface area contributed by atoms with Crippen molar-refractivity contribution >= 4 is 23.0 Å². The molecule has 0 unspecified atom stereocenters. The number of hydrogen-bond donors (Lipinski definition) is 3. The molecule has 0 saturated heterocycles. The molecule has 0 aliphatic rings. The second-order valence-corrected chi connectivity index (χ2v) is 8.79. The van der Waals surface area contributed by atoms with Gasteiger partial charge in [0.15, 0.2) is 5.75 Å². The van der Waals surface area contributed by atoms with Crippen LogP contribution in [-0.2, 0) is 0 Å². The molecule has 0 radical (unpaired) electrons. The predicted octanol–water partition coefficient (Wildman–Crippen LogP) is 3.63. The fourth-order valence-corrected chi connectivity index (χ4v) is 3.43. The van der Waals surface area contributed by atoms with Gasteiger partial charge in [0, 0.05) is 14.1 Å². The van der Waals surface area contributed by atoms with Crippen LogP contribution in [0.4, 0.5) is 17.1 Å². The zero-order valence-corrected chi connectivity index (χ0v) is 18.3. The average molecular weight is 421 g/mol. The summed E-state index contributed by atoms with van der Waals surface area (Å²) in [7, 11) is 3.16. The third-order valence-electron chi connectivity index (χ3n) is 5.13. The van der Waals surface area contributed by atoms with Crippen molar-refractivity contribution in [1.82, 2.24) is 4.90 Å². The highest BCUT2D eigenvalue weighted by atomic mass is 16.3. The molecule has 0 aliphatic heterocycles. The smallest absolute Gasteiger partial charge is 0.257 e. The molecule has 0 bridgehead atoms. The summed E-state index contributed by atoms with van der Waals surface area (Å²) in [5.41, 5.74) is -0.0547. The van der Waals surface area contributed by atoms with Crippen LogP contribution in [0.2, 0.25) is 0 Å². The Morgan fingerprint density at radius 3 is 2.13 bits per heavy atom. The van der Waals surface area contributed by atoms with Gasteiger partial charge in [-0.2, -0.15) is 0 Å². The quantitative estimate of drug-likeness (QED) is 0.415. The summed E-state index contributed by atoms with van der Waals surface area (Å²) in [5, 5.41) is 16.6. The van der Waals surface area contributed by atoms with Crippen LogP contribution >= 0.6 is 0 Å². The van der Waals surface area contributed by atoms with Crippen LogP contribution in [0.5, 0.6) is 5.75 Å². The van der Waals surface area contributed by atoms with Crippen LogP contribution in [0.3, 0.4) is 0 Å². The van der Waals surface area contributed by atoms with Gasteiger partial charge in [-0.1, -0.05) is 57.2 Å². The first-order chi connectivity index (χ1) is 14.5. The number of nitrogens with one attached hydrogen (secondary N) is 2. The lowest BCUT2D eigenvalue weighted by molar-refractivity contribution is 0.0824. The molecule has 0 aromatic heterocycles. The lowest BCUT2D eigenvalue weighted by Crippen LogP contribution is -2.39. The molecule has 162 valence electrons. The van der Waals surface area contributed by atoms with Crippen molar-refractivity contribution in [1.29, 1.82) is 0 Å². The summed E-state index contributed by atoms with van der Waals surface area (Å²) >= 11 is 0. The number of benzene rings is 2. The second kappa shape index (κ2) is 8.26. The topological polar surface area (TPSA) is 98.7 Å². The number of para-hydroxylation sites is 1. The van der Waals surface area contributed by atoms with Gasteiger partial charge in [0.25, 0.3) is 16.8 Å². The van der Waals surface area contributed by atoms with Crippen molar-refractivity contribution in [2.75, 3.05) is 24.7 Å². The van der Waals surface area contributed by atoms with Gasteiger partial charge in [0.05, 0.1) is 17.3 Å². The molecule has 0 fully saturated rings. The van der Waals surface area contributed by atoms with E-state index in [1.807, 2.05) is 51.1 Å². The van der Waals surface area contributed by atoms with E-state index in [1.54, 1.807) is 26.2 Å². The highest BCUT2D eigenvalue weighted by Gasteiger charge is 2.31. The normalized spacial score (nSPS) is 12.4. The Morgan fingerprint density at radius 2 is 1.55 bits per heavy atom. The van der Waals surface area contributed by atoms with Crippen molar-refractivity contribution in [3.63, 3.8) is 0 Å². The van der Waals surface area contributed by atoms with Crippen molar-refractivity contribution in [2.45, 2.75) is 26.8 Å². The fraction of sp³-hybridized carbons (Fsp3) is 0.292. The standard InChI is InChI=1S/C24H27N3O4/c1-24(2,3)22(14-10-7-6-8-11-14)26-18-17(20(29)21(18)30)25-16-13-9-12-15(19(16)28)23(31)27(4)5/h6-13,22,25-26,28H,1-5H3/t22-/m0/s1. The van der Waals surface area contributed by atoms with E-state index in [9.17, 15) is 19.5 Å². The first-order valence-electron chi connectivity index (χ1n) is 9.97. The Kier molecular flexibility index (Phi) is 5.88. The number of rotatable bonds is 6. The number of amides is 1. The Hall–Kier alpha value is -3.61. The van der Waals surface area contributed by atoms with E-state index in [2.05, 4.69) is 10.6 Å². The summed E-state index contributed by atoms with van der Waals surface area (Å²) in [4.78, 5) is 38.3. The maximum Gasteiger partial charge on any atom is 0.257 e. The molecule has 7 nitrogen and oxygen atoms in total. The molecule has 31 heavy (non-hydrogen) atoms. The maximum absolute atomic E-state index is 12.4. The van der Waals surface area contributed by atoms with Crippen molar-refractivity contribution in [2.24, 2.45) is 5.41 Å². The van der Waals surface area contributed by atoms with Crippen LogP contribution < -0.4 is 21.5 Å². The van der Waals surface area contributed by atoms with Gasteiger partial charge in [-0.05, 0) is 23.1 Å². The Balaban J connectivity index is 1.96. The number of phenolic OH excluding ortho intramolecular Hbond substituents is 1. The fourth-order valence-electron chi connectivity index (χ4n) is 3.43. The first kappa shape index (κ1) is 22.1. The zero-order chi connectivity index (χ0) is 22.9. The van der Waals surface area contributed by atoms with E-state index in [-0.39, 0.29) is 45.7 Å². The van der Waals surface area contributed by atoms with Crippen LogP contribution in [0, 0.1) is 5.41 Å². The van der Waals surface area contributed by atoms with Gasteiger partial charge in [-0.15, -0.1) is 0 Å². The Labute approximate surface area is 181 Å². The van der Waals surface area contributed by atoms with E-state index in [0.29, 0.717) is 0 Å². The van der Waals surface area contributed by atoms with Gasteiger partial charge in [-0.25, -0.2) is 0 Å². The van der Waals surface area contributed by atoms with Crippen LogP contribution in [0.1, 0.15) is 42.7 Å². The summed E-state index contributed by atoms with van der Waals surface area (Å²) in [6, 6.07) is 14.1. The second-order valence-electron chi connectivity index (χ2n) is 8.79. The molecule has 0 aliphatic carbocycles. The van der Waals surface area contributed by atoms with Gasteiger partial charge in [0.2, 0.25) is 0 Å². The number of hydrogen-bond acceptors (Lipinski definition) is 6. The largest absolute Gasteiger partial charge is 0.505 e. The van der Waals surface area contributed by atoms with Gasteiger partial charge >= 0.3 is 0 Å². The van der Waals surface area contributed by atoms with E-state index >= 15 is 0 Å². The van der Waals surface area contributed by atoms with Crippen molar-refractivity contribution in [3.8, 4) is 5.75 Å².